The molecular formula is C28H35Cl2NO4. The maximum atomic E-state index is 14.2. The first kappa shape index (κ1) is 27.5. The zero-order chi connectivity index (χ0) is 26.1. The molecule has 0 aromatic heterocycles. The predicted octanol–water partition coefficient (Wildman–Crippen LogP) is 6.72. The summed E-state index contributed by atoms with van der Waals surface area (Å²) in [5.41, 5.74) is -0.310. The standard InChI is InChI=1S/C28H35Cl2NO4/c1-6-23(17(2)27(3,4)35)31-25(18-10-12-20(29)13-11-18)22(19-8-7-9-21(30)14-19)15-28(5,26(31)34)16-24(32)33/h7-14,17,22-23,25,35H,6,15-16H2,1-5H3,(H,32,33)/t17-,22+,23-,25+,28+/m0/s1. The van der Waals surface area contributed by atoms with Crippen LogP contribution < -0.4 is 0 Å². The minimum atomic E-state index is -1.12. The van der Waals surface area contributed by atoms with Gasteiger partial charge in [0.2, 0.25) is 5.91 Å². The number of carboxylic acid groups (broad SMARTS) is 1. The van der Waals surface area contributed by atoms with Gasteiger partial charge >= 0.3 is 5.97 Å². The van der Waals surface area contributed by atoms with Crippen LogP contribution in [0.4, 0.5) is 0 Å². The van der Waals surface area contributed by atoms with Gasteiger partial charge in [-0.2, -0.15) is 0 Å². The molecule has 0 saturated carbocycles. The molecule has 5 atom stereocenters. The third-order valence-corrected chi connectivity index (χ3v) is 8.09. The largest absolute Gasteiger partial charge is 0.481 e. The van der Waals surface area contributed by atoms with Gasteiger partial charge < -0.3 is 15.1 Å². The highest BCUT2D eigenvalue weighted by Crippen LogP contribution is 2.53. The summed E-state index contributed by atoms with van der Waals surface area (Å²) in [4.78, 5) is 28.0. The lowest BCUT2D eigenvalue weighted by atomic mass is 9.66. The zero-order valence-corrected chi connectivity index (χ0v) is 22.5. The quantitative estimate of drug-likeness (QED) is 0.405. The first-order valence-electron chi connectivity index (χ1n) is 12.1. The monoisotopic (exact) mass is 519 g/mol. The minimum absolute atomic E-state index is 0.207. The maximum Gasteiger partial charge on any atom is 0.304 e. The fourth-order valence-corrected chi connectivity index (χ4v) is 5.83. The number of nitrogens with zero attached hydrogens (tertiary/aromatic N) is 1. The van der Waals surface area contributed by atoms with Gasteiger partial charge in [-0.3, -0.25) is 9.59 Å². The molecule has 3 rings (SSSR count). The molecule has 0 aliphatic carbocycles. The molecule has 2 aromatic carbocycles. The van der Waals surface area contributed by atoms with Crippen LogP contribution in [0, 0.1) is 11.3 Å². The SMILES string of the molecule is CC[C@@H]([C@H](C)C(C)(C)O)N1C(=O)[C@@](C)(CC(=O)O)C[C@H](c2cccc(Cl)c2)[C@H]1c1ccc(Cl)cc1. The molecule has 0 unspecified atom stereocenters. The fraction of sp³-hybridized carbons (Fsp3) is 0.500. The second-order valence-electron chi connectivity index (χ2n) is 10.6. The molecule has 2 N–H and O–H groups in total. The normalized spacial score (nSPS) is 24.8. The number of hydrogen-bond acceptors (Lipinski definition) is 3. The number of likely N-dealkylation sites (tertiary alicyclic amines) is 1. The predicted molar refractivity (Wildman–Crippen MR) is 140 cm³/mol. The van der Waals surface area contributed by atoms with Crippen molar-refractivity contribution in [2.45, 2.75) is 77.5 Å². The summed E-state index contributed by atoms with van der Waals surface area (Å²) in [5.74, 6) is -1.70. The van der Waals surface area contributed by atoms with Crippen molar-refractivity contribution in [3.63, 3.8) is 0 Å². The molecule has 2 aromatic rings. The summed E-state index contributed by atoms with van der Waals surface area (Å²) in [6.45, 7) is 9.18. The van der Waals surface area contributed by atoms with Gasteiger partial charge in [0.15, 0.2) is 0 Å². The van der Waals surface area contributed by atoms with Crippen LogP contribution in [0.3, 0.4) is 0 Å². The molecule has 1 aliphatic rings. The van der Waals surface area contributed by atoms with Crippen molar-refractivity contribution in [1.82, 2.24) is 4.90 Å². The van der Waals surface area contributed by atoms with Crippen molar-refractivity contribution in [2.75, 3.05) is 0 Å². The van der Waals surface area contributed by atoms with Crippen molar-refractivity contribution in [3.8, 4) is 0 Å². The van der Waals surface area contributed by atoms with E-state index in [1.165, 1.54) is 0 Å². The third-order valence-electron chi connectivity index (χ3n) is 7.60. The van der Waals surface area contributed by atoms with E-state index in [-0.39, 0.29) is 36.2 Å². The third kappa shape index (κ3) is 5.84. The highest BCUT2D eigenvalue weighted by atomic mass is 35.5. The van der Waals surface area contributed by atoms with E-state index >= 15 is 0 Å². The molecule has 7 heteroatoms. The van der Waals surface area contributed by atoms with Crippen molar-refractivity contribution in [3.05, 3.63) is 69.7 Å². The number of carbonyl (C=O) groups excluding carboxylic acids is 1. The van der Waals surface area contributed by atoms with Gasteiger partial charge in [0, 0.05) is 27.9 Å². The number of piperidine rings is 1. The van der Waals surface area contributed by atoms with Crippen LogP contribution in [0.5, 0.6) is 0 Å². The van der Waals surface area contributed by atoms with E-state index in [1.807, 2.05) is 49.1 Å². The van der Waals surface area contributed by atoms with Crippen molar-refractivity contribution in [2.24, 2.45) is 11.3 Å². The van der Waals surface area contributed by atoms with Crippen molar-refractivity contribution >= 4 is 35.1 Å². The number of aliphatic carboxylic acids is 1. The minimum Gasteiger partial charge on any atom is -0.481 e. The average molecular weight is 520 g/mol. The Balaban J connectivity index is 2.28. The molecule has 190 valence electrons. The lowest BCUT2D eigenvalue weighted by molar-refractivity contribution is -0.164. The first-order valence-corrected chi connectivity index (χ1v) is 12.8. The Morgan fingerprint density at radius 2 is 1.77 bits per heavy atom. The first-order chi connectivity index (χ1) is 16.3. The maximum absolute atomic E-state index is 14.2. The zero-order valence-electron chi connectivity index (χ0n) is 21.0. The molecule has 0 bridgehead atoms. The van der Waals surface area contributed by atoms with Crippen LogP contribution >= 0.6 is 23.2 Å². The van der Waals surface area contributed by atoms with E-state index in [9.17, 15) is 19.8 Å². The van der Waals surface area contributed by atoms with E-state index in [2.05, 4.69) is 0 Å². The number of benzene rings is 2. The van der Waals surface area contributed by atoms with Crippen LogP contribution in [0.2, 0.25) is 10.0 Å². The molecule has 1 heterocycles. The van der Waals surface area contributed by atoms with Crippen LogP contribution in [0.15, 0.2) is 48.5 Å². The molecule has 0 radical (unpaired) electrons. The summed E-state index contributed by atoms with van der Waals surface area (Å²) < 4.78 is 0. The molecule has 5 nitrogen and oxygen atoms in total. The van der Waals surface area contributed by atoms with E-state index in [1.54, 1.807) is 39.0 Å². The van der Waals surface area contributed by atoms with Gasteiger partial charge in [-0.25, -0.2) is 0 Å². The van der Waals surface area contributed by atoms with Gasteiger partial charge in [0.05, 0.1) is 23.5 Å². The lowest BCUT2D eigenvalue weighted by Gasteiger charge is -2.54. The summed E-state index contributed by atoms with van der Waals surface area (Å²) in [5, 5.41) is 21.8. The van der Waals surface area contributed by atoms with Crippen LogP contribution in [-0.4, -0.2) is 38.6 Å². The molecule has 1 amide bonds. The second-order valence-corrected chi connectivity index (χ2v) is 11.5. The average Bonchev–Trinajstić information content (AvgIpc) is 2.76. The number of halogens is 2. The number of hydrogen-bond donors (Lipinski definition) is 2. The summed E-state index contributed by atoms with van der Waals surface area (Å²) >= 11 is 12.6. The summed E-state index contributed by atoms with van der Waals surface area (Å²) in [7, 11) is 0. The molecule has 0 spiro atoms. The molecular weight excluding hydrogens is 485 g/mol. The van der Waals surface area contributed by atoms with Gasteiger partial charge in [-0.1, -0.05) is 68.2 Å². The molecule has 35 heavy (non-hydrogen) atoms. The van der Waals surface area contributed by atoms with E-state index in [0.29, 0.717) is 22.9 Å². The summed E-state index contributed by atoms with van der Waals surface area (Å²) in [6.07, 6.45) is 0.683. The Hall–Kier alpha value is -2.08. The Bertz CT molecular complexity index is 1070. The highest BCUT2D eigenvalue weighted by Gasteiger charge is 2.53. The van der Waals surface area contributed by atoms with Gasteiger partial charge in [0.25, 0.3) is 0 Å². The number of amides is 1. The smallest absolute Gasteiger partial charge is 0.304 e. The number of carboxylic acids is 1. The lowest BCUT2D eigenvalue weighted by Crippen LogP contribution is -2.59. The van der Waals surface area contributed by atoms with Crippen molar-refractivity contribution < 1.29 is 19.8 Å². The fourth-order valence-electron chi connectivity index (χ4n) is 5.51. The molecule has 1 saturated heterocycles. The van der Waals surface area contributed by atoms with Crippen LogP contribution in [0.1, 0.15) is 77.0 Å². The Kier molecular flexibility index (Phi) is 8.25. The Morgan fingerprint density at radius 1 is 1.14 bits per heavy atom. The van der Waals surface area contributed by atoms with E-state index in [4.69, 9.17) is 23.2 Å². The topological polar surface area (TPSA) is 77.8 Å². The van der Waals surface area contributed by atoms with Crippen LogP contribution in [0.25, 0.3) is 0 Å². The van der Waals surface area contributed by atoms with Gasteiger partial charge in [0.1, 0.15) is 0 Å². The Morgan fingerprint density at radius 3 is 2.29 bits per heavy atom. The highest BCUT2D eigenvalue weighted by molar-refractivity contribution is 6.30. The second kappa shape index (κ2) is 10.5. The molecule has 1 aliphatic heterocycles. The van der Waals surface area contributed by atoms with Crippen molar-refractivity contribution in [1.29, 1.82) is 0 Å². The van der Waals surface area contributed by atoms with E-state index in [0.717, 1.165) is 11.1 Å². The number of aliphatic hydroxyl groups is 1. The Labute approximate surface area is 218 Å². The number of rotatable bonds is 8. The number of carbonyl (C=O) groups is 2. The van der Waals surface area contributed by atoms with Gasteiger partial charge in [-0.15, -0.1) is 0 Å². The molecule has 1 fully saturated rings. The van der Waals surface area contributed by atoms with Crippen LogP contribution in [-0.2, 0) is 9.59 Å². The summed E-state index contributed by atoms with van der Waals surface area (Å²) in [6, 6.07) is 14.3. The van der Waals surface area contributed by atoms with Gasteiger partial charge in [-0.05, 0) is 62.1 Å². The van der Waals surface area contributed by atoms with E-state index < -0.39 is 17.0 Å².